The van der Waals surface area contributed by atoms with Crippen molar-refractivity contribution in [1.29, 1.82) is 0 Å². The van der Waals surface area contributed by atoms with Crippen LogP contribution >= 0.6 is 0 Å². The Morgan fingerprint density at radius 1 is 1.05 bits per heavy atom. The third-order valence-electron chi connectivity index (χ3n) is 5.46. The van der Waals surface area contributed by atoms with Crippen LogP contribution in [-0.2, 0) is 16.1 Å². The van der Waals surface area contributed by atoms with Gasteiger partial charge in [-0.2, -0.15) is 0 Å². The quantitative estimate of drug-likeness (QED) is 0.0725. The third-order valence-corrected chi connectivity index (χ3v) is 5.46. The van der Waals surface area contributed by atoms with Crippen molar-refractivity contribution >= 4 is 35.0 Å². The zero-order valence-electron chi connectivity index (χ0n) is 21.9. The minimum atomic E-state index is -0.832. The van der Waals surface area contributed by atoms with Crippen LogP contribution in [0, 0.1) is 10.1 Å². The number of amides is 1. The van der Waals surface area contributed by atoms with E-state index >= 15 is 0 Å². The molecule has 0 saturated carbocycles. The van der Waals surface area contributed by atoms with E-state index in [1.165, 1.54) is 51.5 Å². The van der Waals surface area contributed by atoms with Gasteiger partial charge in [0.05, 0.1) is 36.5 Å². The zero-order valence-corrected chi connectivity index (χ0v) is 21.9. The van der Waals surface area contributed by atoms with E-state index in [0.717, 1.165) is 17.2 Å². The van der Waals surface area contributed by atoms with Gasteiger partial charge >= 0.3 is 5.97 Å². The smallest absolute Gasteiger partial charge is 0.338 e. The number of anilines is 1. The van der Waals surface area contributed by atoms with E-state index in [1.54, 1.807) is 6.08 Å². The number of non-ortho nitro benzene ring substituents is 1. The topological polar surface area (TPSA) is 162 Å². The van der Waals surface area contributed by atoms with Gasteiger partial charge in [0, 0.05) is 6.07 Å². The largest absolute Gasteiger partial charge is 0.510 e. The number of esters is 1. The molecule has 0 aliphatic rings. The third kappa shape index (κ3) is 7.28. The first kappa shape index (κ1) is 29.0. The molecule has 0 saturated heterocycles. The highest BCUT2D eigenvalue weighted by molar-refractivity contribution is 6.05. The van der Waals surface area contributed by atoms with E-state index in [0.29, 0.717) is 0 Å². The Labute approximate surface area is 229 Å². The van der Waals surface area contributed by atoms with Crippen molar-refractivity contribution in [3.63, 3.8) is 0 Å². The van der Waals surface area contributed by atoms with Crippen molar-refractivity contribution in [2.24, 2.45) is 10.2 Å². The number of methoxy groups -OCH3 is 2. The Balaban J connectivity index is 1.74. The number of allylic oxidation sites excluding steroid dienone is 1. The summed E-state index contributed by atoms with van der Waals surface area (Å²) in [7, 11) is 2.65. The molecular weight excluding hydrogens is 520 g/mol. The fourth-order valence-electron chi connectivity index (χ4n) is 3.33. The summed E-state index contributed by atoms with van der Waals surface area (Å²) in [5.41, 5.74) is 1.56. The van der Waals surface area contributed by atoms with Crippen molar-refractivity contribution in [3.8, 4) is 11.5 Å². The Bertz CT molecular complexity index is 1490. The molecule has 1 amide bonds. The molecule has 0 fully saturated rings. The number of nitrogens with zero attached hydrogens (tertiary/aromatic N) is 3. The number of hydrogen-bond acceptors (Lipinski definition) is 10. The molecule has 12 heteroatoms. The molecule has 0 atom stereocenters. The van der Waals surface area contributed by atoms with Crippen LogP contribution in [0.5, 0.6) is 11.5 Å². The van der Waals surface area contributed by atoms with Crippen molar-refractivity contribution in [2.75, 3.05) is 19.5 Å². The SMILES string of the molecule is C=Cc1ccc(COC(=O)c2ccc(NC(=O)/C(N=Nc3ccc([N+](=O)[O-])cc3OC)=C(/C)O)c(OC)c2)cc1. The predicted octanol–water partition coefficient (Wildman–Crippen LogP) is 6.12. The van der Waals surface area contributed by atoms with Crippen LogP contribution in [-0.4, -0.2) is 36.1 Å². The summed E-state index contributed by atoms with van der Waals surface area (Å²) in [6, 6.07) is 15.3. The molecule has 0 aliphatic carbocycles. The van der Waals surface area contributed by atoms with Gasteiger partial charge in [0.25, 0.3) is 11.6 Å². The summed E-state index contributed by atoms with van der Waals surface area (Å²) in [5, 5.41) is 31.3. The van der Waals surface area contributed by atoms with E-state index in [2.05, 4.69) is 22.1 Å². The van der Waals surface area contributed by atoms with Crippen LogP contribution in [0.1, 0.15) is 28.4 Å². The highest BCUT2D eigenvalue weighted by Crippen LogP contribution is 2.32. The van der Waals surface area contributed by atoms with Crippen LogP contribution in [0.3, 0.4) is 0 Å². The van der Waals surface area contributed by atoms with E-state index in [1.807, 2.05) is 24.3 Å². The van der Waals surface area contributed by atoms with E-state index in [-0.39, 0.29) is 40.7 Å². The number of nitro benzene ring substituents is 1. The molecule has 0 bridgehead atoms. The molecule has 0 radical (unpaired) electrons. The second-order valence-corrected chi connectivity index (χ2v) is 8.14. The Kier molecular flexibility index (Phi) is 9.68. The minimum absolute atomic E-state index is 0.0474. The minimum Gasteiger partial charge on any atom is -0.510 e. The average Bonchev–Trinajstić information content (AvgIpc) is 2.96. The van der Waals surface area contributed by atoms with E-state index in [4.69, 9.17) is 14.2 Å². The second-order valence-electron chi connectivity index (χ2n) is 8.14. The molecule has 206 valence electrons. The molecule has 0 heterocycles. The maximum absolute atomic E-state index is 12.9. The molecule has 40 heavy (non-hydrogen) atoms. The summed E-state index contributed by atoms with van der Waals surface area (Å²) >= 11 is 0. The maximum atomic E-state index is 12.9. The number of carbonyl (C=O) groups excluding carboxylic acids is 2. The molecule has 0 spiro atoms. The van der Waals surface area contributed by atoms with Gasteiger partial charge in [-0.3, -0.25) is 14.9 Å². The monoisotopic (exact) mass is 546 g/mol. The fraction of sp³-hybridized carbons (Fsp3) is 0.143. The second kappa shape index (κ2) is 13.3. The Hall–Kier alpha value is -5.52. The molecular formula is C28H26N4O8. The lowest BCUT2D eigenvalue weighted by atomic mass is 10.1. The van der Waals surface area contributed by atoms with Crippen molar-refractivity contribution < 1.29 is 33.8 Å². The van der Waals surface area contributed by atoms with Gasteiger partial charge in [-0.1, -0.05) is 36.9 Å². The number of nitrogens with one attached hydrogen (secondary N) is 1. The maximum Gasteiger partial charge on any atom is 0.338 e. The number of aliphatic hydroxyl groups excluding tert-OH is 1. The van der Waals surface area contributed by atoms with Crippen LogP contribution in [0.15, 0.2) is 88.9 Å². The van der Waals surface area contributed by atoms with E-state index < -0.39 is 28.3 Å². The summed E-state index contributed by atoms with van der Waals surface area (Å²) in [6.45, 7) is 5.00. The number of rotatable bonds is 11. The fourth-order valence-corrected chi connectivity index (χ4v) is 3.33. The van der Waals surface area contributed by atoms with Crippen LogP contribution in [0.4, 0.5) is 17.1 Å². The van der Waals surface area contributed by atoms with Crippen molar-refractivity contribution in [3.05, 3.63) is 106 Å². The van der Waals surface area contributed by atoms with Crippen molar-refractivity contribution in [2.45, 2.75) is 13.5 Å². The standard InChI is InChI=1S/C28H26N4O8/c1-5-18-6-8-19(9-7-18)16-40-28(35)20-10-12-22(24(14-20)38-3)29-27(34)26(17(2)33)31-30-23-13-11-21(32(36)37)15-25(23)39-4/h5-15,33H,1,16H2,2-4H3,(H,29,34)/b26-17+,31-30?. The number of nitro groups is 1. The lowest BCUT2D eigenvalue weighted by molar-refractivity contribution is -0.384. The summed E-state index contributed by atoms with van der Waals surface area (Å²) in [6.07, 6.45) is 1.71. The predicted molar refractivity (Wildman–Crippen MR) is 147 cm³/mol. The lowest BCUT2D eigenvalue weighted by Gasteiger charge is -2.12. The summed E-state index contributed by atoms with van der Waals surface area (Å²) in [5.74, 6) is -1.67. The highest BCUT2D eigenvalue weighted by Gasteiger charge is 2.18. The van der Waals surface area contributed by atoms with Crippen LogP contribution in [0.2, 0.25) is 0 Å². The van der Waals surface area contributed by atoms with Crippen molar-refractivity contribution in [1.82, 2.24) is 0 Å². The van der Waals surface area contributed by atoms with Crippen LogP contribution < -0.4 is 14.8 Å². The molecule has 3 aromatic carbocycles. The number of azo groups is 1. The molecule has 12 nitrogen and oxygen atoms in total. The van der Waals surface area contributed by atoms with Gasteiger partial charge in [0.2, 0.25) is 0 Å². The number of aliphatic hydroxyl groups is 1. The van der Waals surface area contributed by atoms with Gasteiger partial charge in [-0.05, 0) is 42.3 Å². The van der Waals surface area contributed by atoms with Gasteiger partial charge in [-0.15, -0.1) is 10.2 Å². The van der Waals surface area contributed by atoms with Gasteiger partial charge < -0.3 is 24.6 Å². The summed E-state index contributed by atoms with van der Waals surface area (Å²) in [4.78, 5) is 35.9. The molecule has 2 N–H and O–H groups in total. The number of carbonyl (C=O) groups is 2. The summed E-state index contributed by atoms with van der Waals surface area (Å²) < 4.78 is 15.8. The van der Waals surface area contributed by atoms with Gasteiger partial charge in [0.1, 0.15) is 23.8 Å². The molecule has 3 aromatic rings. The number of hydrogen-bond donors (Lipinski definition) is 2. The average molecular weight is 547 g/mol. The Morgan fingerprint density at radius 2 is 1.75 bits per heavy atom. The number of ether oxygens (including phenoxy) is 3. The number of benzene rings is 3. The van der Waals surface area contributed by atoms with Crippen LogP contribution in [0.25, 0.3) is 6.08 Å². The first-order valence-electron chi connectivity index (χ1n) is 11.7. The molecule has 0 aliphatic heterocycles. The first-order valence-corrected chi connectivity index (χ1v) is 11.7. The van der Waals surface area contributed by atoms with Gasteiger partial charge in [0.15, 0.2) is 11.4 Å². The van der Waals surface area contributed by atoms with Gasteiger partial charge in [-0.25, -0.2) is 4.79 Å². The molecule has 0 aromatic heterocycles. The lowest BCUT2D eigenvalue weighted by Crippen LogP contribution is -2.15. The molecule has 3 rings (SSSR count). The highest BCUT2D eigenvalue weighted by atomic mass is 16.6. The first-order chi connectivity index (χ1) is 19.2. The molecule has 0 unspecified atom stereocenters. The normalized spacial score (nSPS) is 11.4. The van der Waals surface area contributed by atoms with E-state index in [9.17, 15) is 24.8 Å². The Morgan fingerprint density at radius 3 is 2.35 bits per heavy atom. The zero-order chi connectivity index (χ0) is 29.2.